The Morgan fingerprint density at radius 2 is 1.89 bits per heavy atom. The molecule has 28 heavy (non-hydrogen) atoms. The third kappa shape index (κ3) is 2.77. The molecule has 0 aliphatic heterocycles. The summed E-state index contributed by atoms with van der Waals surface area (Å²) in [6.45, 7) is 3.33. The average Bonchev–Trinajstić information content (AvgIpc) is 3.16. The lowest BCUT2D eigenvalue weighted by molar-refractivity contribution is -0.137. The predicted octanol–water partition coefficient (Wildman–Crippen LogP) is 4.64. The molecule has 0 atom stereocenters. The number of rotatable bonds is 2. The SMILES string of the molecule is Cc1noc(C)c1-c1cc2[nH]cc(-c3nc(N)ncc3C(F)(F)F)c2cc1F. The van der Waals surface area contributed by atoms with E-state index in [0.717, 1.165) is 6.07 Å². The van der Waals surface area contributed by atoms with Gasteiger partial charge in [-0.3, -0.25) is 0 Å². The van der Waals surface area contributed by atoms with Crippen molar-refractivity contribution in [1.82, 2.24) is 20.1 Å². The summed E-state index contributed by atoms with van der Waals surface area (Å²) in [7, 11) is 0. The van der Waals surface area contributed by atoms with Crippen molar-refractivity contribution in [2.75, 3.05) is 5.73 Å². The number of nitrogens with zero attached hydrogens (tertiary/aromatic N) is 3. The Kier molecular flexibility index (Phi) is 3.88. The van der Waals surface area contributed by atoms with Gasteiger partial charge in [0.05, 0.1) is 17.0 Å². The molecule has 0 spiro atoms. The molecule has 10 heteroatoms. The number of nitrogens with one attached hydrogen (secondary N) is 1. The number of nitrogens with two attached hydrogens (primary N) is 1. The van der Waals surface area contributed by atoms with Crippen LogP contribution in [0.2, 0.25) is 0 Å². The van der Waals surface area contributed by atoms with Crippen LogP contribution in [-0.4, -0.2) is 20.1 Å². The van der Waals surface area contributed by atoms with E-state index in [0.29, 0.717) is 28.7 Å². The smallest absolute Gasteiger partial charge is 0.368 e. The van der Waals surface area contributed by atoms with Crippen molar-refractivity contribution in [2.45, 2.75) is 20.0 Å². The van der Waals surface area contributed by atoms with E-state index in [4.69, 9.17) is 10.3 Å². The van der Waals surface area contributed by atoms with Gasteiger partial charge in [0.1, 0.15) is 17.1 Å². The molecule has 4 rings (SSSR count). The van der Waals surface area contributed by atoms with Gasteiger partial charge in [-0.1, -0.05) is 5.16 Å². The summed E-state index contributed by atoms with van der Waals surface area (Å²) in [4.78, 5) is 10.0. The molecule has 0 saturated heterocycles. The fraction of sp³-hybridized carbons (Fsp3) is 0.167. The average molecular weight is 391 g/mol. The van der Waals surface area contributed by atoms with Crippen LogP contribution in [0.5, 0.6) is 0 Å². The molecule has 0 fully saturated rings. The third-order valence-electron chi connectivity index (χ3n) is 4.44. The van der Waals surface area contributed by atoms with Gasteiger partial charge in [0.15, 0.2) is 0 Å². The maximum atomic E-state index is 14.9. The van der Waals surface area contributed by atoms with Crippen LogP contribution in [0.15, 0.2) is 29.0 Å². The number of H-pyrrole nitrogens is 1. The van der Waals surface area contributed by atoms with Gasteiger partial charge in [-0.2, -0.15) is 13.2 Å². The van der Waals surface area contributed by atoms with E-state index in [9.17, 15) is 17.6 Å². The quantitative estimate of drug-likeness (QED) is 0.486. The highest BCUT2D eigenvalue weighted by Crippen LogP contribution is 2.40. The minimum Gasteiger partial charge on any atom is -0.368 e. The molecule has 0 aliphatic carbocycles. The van der Waals surface area contributed by atoms with E-state index >= 15 is 0 Å². The number of halogens is 4. The molecule has 0 saturated carbocycles. The first kappa shape index (κ1) is 18.0. The van der Waals surface area contributed by atoms with Crippen molar-refractivity contribution in [3.05, 3.63) is 47.4 Å². The van der Waals surface area contributed by atoms with Crippen molar-refractivity contribution < 1.29 is 22.1 Å². The number of fused-ring (bicyclic) bond motifs is 1. The first-order valence-corrected chi connectivity index (χ1v) is 8.10. The van der Waals surface area contributed by atoms with Gasteiger partial charge in [-0.15, -0.1) is 0 Å². The van der Waals surface area contributed by atoms with Gasteiger partial charge < -0.3 is 15.2 Å². The summed E-state index contributed by atoms with van der Waals surface area (Å²) in [6.07, 6.45) is -2.74. The van der Waals surface area contributed by atoms with E-state index in [1.807, 2.05) is 0 Å². The second-order valence-corrected chi connectivity index (χ2v) is 6.27. The molecule has 0 amide bonds. The van der Waals surface area contributed by atoms with Crippen LogP contribution in [0.25, 0.3) is 33.3 Å². The lowest BCUT2D eigenvalue weighted by atomic mass is 9.99. The molecule has 3 heterocycles. The Balaban J connectivity index is 1.96. The summed E-state index contributed by atoms with van der Waals surface area (Å²) in [5.74, 6) is -0.506. The van der Waals surface area contributed by atoms with Crippen molar-refractivity contribution in [3.63, 3.8) is 0 Å². The predicted molar refractivity (Wildman–Crippen MR) is 93.7 cm³/mol. The Hall–Kier alpha value is -3.43. The zero-order valence-corrected chi connectivity index (χ0v) is 14.6. The van der Waals surface area contributed by atoms with Gasteiger partial charge in [0.2, 0.25) is 5.95 Å². The highest BCUT2D eigenvalue weighted by molar-refractivity contribution is 5.97. The number of alkyl halides is 3. The number of hydrogen-bond acceptors (Lipinski definition) is 5. The highest BCUT2D eigenvalue weighted by Gasteiger charge is 2.36. The van der Waals surface area contributed by atoms with Gasteiger partial charge in [-0.05, 0) is 26.0 Å². The van der Waals surface area contributed by atoms with Crippen LogP contribution in [-0.2, 0) is 6.18 Å². The Morgan fingerprint density at radius 1 is 1.14 bits per heavy atom. The van der Waals surface area contributed by atoms with Gasteiger partial charge in [-0.25, -0.2) is 14.4 Å². The largest absolute Gasteiger partial charge is 0.419 e. The molecule has 6 nitrogen and oxygen atoms in total. The fourth-order valence-corrected chi connectivity index (χ4v) is 3.21. The van der Waals surface area contributed by atoms with Crippen molar-refractivity contribution in [2.24, 2.45) is 0 Å². The fourth-order valence-electron chi connectivity index (χ4n) is 3.21. The Labute approximate surface area is 155 Å². The molecule has 0 unspecified atom stereocenters. The van der Waals surface area contributed by atoms with E-state index < -0.39 is 23.3 Å². The molecule has 0 radical (unpaired) electrons. The van der Waals surface area contributed by atoms with Crippen LogP contribution in [0, 0.1) is 19.7 Å². The van der Waals surface area contributed by atoms with Crippen LogP contribution in [0.4, 0.5) is 23.5 Å². The third-order valence-corrected chi connectivity index (χ3v) is 4.44. The lowest BCUT2D eigenvalue weighted by Crippen LogP contribution is -2.11. The minimum atomic E-state index is -4.69. The summed E-state index contributed by atoms with van der Waals surface area (Å²) in [5, 5.41) is 4.04. The van der Waals surface area contributed by atoms with E-state index in [1.54, 1.807) is 13.8 Å². The second-order valence-electron chi connectivity index (χ2n) is 6.27. The Morgan fingerprint density at radius 3 is 2.54 bits per heavy atom. The molecular weight excluding hydrogens is 378 g/mol. The normalized spacial score (nSPS) is 12.1. The first-order chi connectivity index (χ1) is 13.2. The summed E-state index contributed by atoms with van der Waals surface area (Å²) in [5.41, 5.74) is 5.74. The minimum absolute atomic E-state index is 0.0700. The van der Waals surface area contributed by atoms with Crippen LogP contribution in [0.3, 0.4) is 0 Å². The van der Waals surface area contributed by atoms with Gasteiger partial charge in [0.25, 0.3) is 0 Å². The second kappa shape index (κ2) is 6.04. The van der Waals surface area contributed by atoms with Gasteiger partial charge >= 0.3 is 6.18 Å². The molecule has 0 bridgehead atoms. The van der Waals surface area contributed by atoms with E-state index in [2.05, 4.69) is 20.1 Å². The molecule has 3 aromatic heterocycles. The number of aromatic nitrogens is 4. The standard InChI is InChI=1S/C18H13F4N5O/c1-7-15(8(2)28-27-7)10-4-14-9(3-13(10)19)11(5-24-14)16-12(18(20,21)22)6-25-17(23)26-16/h3-6,24H,1-2H3,(H2,23,25,26). The van der Waals surface area contributed by atoms with Gasteiger partial charge in [0, 0.05) is 34.4 Å². The van der Waals surface area contributed by atoms with Crippen molar-refractivity contribution >= 4 is 16.9 Å². The van der Waals surface area contributed by atoms with Crippen LogP contribution >= 0.6 is 0 Å². The number of hydrogen-bond donors (Lipinski definition) is 2. The van der Waals surface area contributed by atoms with E-state index in [-0.39, 0.29) is 22.5 Å². The van der Waals surface area contributed by atoms with Crippen molar-refractivity contribution in [3.8, 4) is 22.4 Å². The lowest BCUT2D eigenvalue weighted by Gasteiger charge is -2.11. The number of anilines is 1. The van der Waals surface area contributed by atoms with Crippen molar-refractivity contribution in [1.29, 1.82) is 0 Å². The maximum absolute atomic E-state index is 14.9. The summed E-state index contributed by atoms with van der Waals surface area (Å²) >= 11 is 0. The zero-order chi connectivity index (χ0) is 20.2. The number of benzene rings is 1. The zero-order valence-electron chi connectivity index (χ0n) is 14.6. The number of aromatic amines is 1. The van der Waals surface area contributed by atoms with E-state index in [1.165, 1.54) is 12.3 Å². The first-order valence-electron chi connectivity index (χ1n) is 8.10. The number of nitrogen functional groups attached to an aromatic ring is 1. The summed E-state index contributed by atoms with van der Waals surface area (Å²) in [6, 6.07) is 2.65. The summed E-state index contributed by atoms with van der Waals surface area (Å²) < 4.78 is 60.0. The van der Waals surface area contributed by atoms with Crippen LogP contribution < -0.4 is 5.73 Å². The highest BCUT2D eigenvalue weighted by atomic mass is 19.4. The monoisotopic (exact) mass is 391 g/mol. The Bertz CT molecular complexity index is 1190. The molecule has 144 valence electrons. The molecule has 3 N–H and O–H groups in total. The molecular formula is C18H13F4N5O. The molecule has 0 aliphatic rings. The maximum Gasteiger partial charge on any atom is 0.419 e. The molecule has 1 aromatic carbocycles. The molecule has 4 aromatic rings. The topological polar surface area (TPSA) is 93.6 Å². The van der Waals surface area contributed by atoms with Crippen LogP contribution in [0.1, 0.15) is 17.0 Å². The number of aryl methyl sites for hydroxylation is 2.